The number of nitrogens with zero attached hydrogens (tertiary/aromatic N) is 1. The topological polar surface area (TPSA) is 61.4 Å². The number of hydrogen-bond acceptors (Lipinski definition) is 3. The fraction of sp³-hybridized carbons (Fsp3) is 0.176. The Kier molecular flexibility index (Phi) is 6.20. The van der Waals surface area contributed by atoms with E-state index in [1.54, 1.807) is 36.4 Å². The lowest BCUT2D eigenvalue weighted by Gasteiger charge is -2.17. The molecule has 2 N–H and O–H groups in total. The molecule has 0 fully saturated rings. The quantitative estimate of drug-likeness (QED) is 0.726. The molecule has 0 saturated heterocycles. The first-order chi connectivity index (χ1) is 11.5. The highest BCUT2D eigenvalue weighted by molar-refractivity contribution is 7.82. The molecule has 3 amide bonds. The molecule has 0 aliphatic carbocycles. The van der Waals surface area contributed by atoms with Gasteiger partial charge < -0.3 is 10.6 Å². The van der Waals surface area contributed by atoms with Gasteiger partial charge in [0.05, 0.1) is 5.69 Å². The first-order valence-corrected chi connectivity index (χ1v) is 7.74. The summed E-state index contributed by atoms with van der Waals surface area (Å²) in [5.74, 6) is -0.448. The van der Waals surface area contributed by atoms with Gasteiger partial charge in [-0.25, -0.2) is 13.5 Å². The SMILES string of the molecule is CC(=O)Nc1ccc(N(S)C(=O)NCCc2ccc(F)cc2)cc1. The fourth-order valence-corrected chi connectivity index (χ4v) is 2.25. The predicted molar refractivity (Wildman–Crippen MR) is 95.7 cm³/mol. The molecule has 5 nitrogen and oxygen atoms in total. The normalized spacial score (nSPS) is 10.1. The maximum absolute atomic E-state index is 12.8. The number of urea groups is 1. The molecule has 0 aliphatic heterocycles. The number of halogens is 1. The minimum Gasteiger partial charge on any atom is -0.337 e. The van der Waals surface area contributed by atoms with Gasteiger partial charge >= 0.3 is 6.03 Å². The lowest BCUT2D eigenvalue weighted by atomic mass is 10.1. The number of hydrogen-bond donors (Lipinski definition) is 3. The van der Waals surface area contributed by atoms with Crippen LogP contribution in [-0.4, -0.2) is 18.5 Å². The molecular weight excluding hydrogens is 329 g/mol. The molecule has 0 radical (unpaired) electrons. The Morgan fingerprint density at radius 2 is 1.71 bits per heavy atom. The van der Waals surface area contributed by atoms with Crippen molar-refractivity contribution < 1.29 is 14.0 Å². The first-order valence-electron chi connectivity index (χ1n) is 7.34. The summed E-state index contributed by atoms with van der Waals surface area (Å²) < 4.78 is 14.0. The Morgan fingerprint density at radius 1 is 1.08 bits per heavy atom. The van der Waals surface area contributed by atoms with Gasteiger partial charge in [0.2, 0.25) is 5.91 Å². The summed E-state index contributed by atoms with van der Waals surface area (Å²) in [5.41, 5.74) is 2.15. The lowest BCUT2D eigenvalue weighted by Crippen LogP contribution is -2.35. The molecule has 0 aliphatic rings. The van der Waals surface area contributed by atoms with Crippen LogP contribution in [0.5, 0.6) is 0 Å². The summed E-state index contributed by atoms with van der Waals surface area (Å²) in [4.78, 5) is 23.0. The van der Waals surface area contributed by atoms with E-state index in [9.17, 15) is 14.0 Å². The van der Waals surface area contributed by atoms with Crippen LogP contribution in [0.3, 0.4) is 0 Å². The highest BCUT2D eigenvalue weighted by Crippen LogP contribution is 2.19. The van der Waals surface area contributed by atoms with Crippen molar-refractivity contribution in [3.63, 3.8) is 0 Å². The summed E-state index contributed by atoms with van der Waals surface area (Å²) in [7, 11) is 0. The van der Waals surface area contributed by atoms with Crippen molar-refractivity contribution in [2.24, 2.45) is 0 Å². The summed E-state index contributed by atoms with van der Waals surface area (Å²) in [6.07, 6.45) is 0.592. The molecule has 126 valence electrons. The number of thiol groups is 1. The monoisotopic (exact) mass is 347 g/mol. The molecule has 7 heteroatoms. The lowest BCUT2D eigenvalue weighted by molar-refractivity contribution is -0.114. The van der Waals surface area contributed by atoms with Crippen LogP contribution in [0.1, 0.15) is 12.5 Å². The summed E-state index contributed by atoms with van der Waals surface area (Å²) in [5, 5.41) is 5.38. The van der Waals surface area contributed by atoms with Crippen LogP contribution in [-0.2, 0) is 11.2 Å². The van der Waals surface area contributed by atoms with Crippen LogP contribution in [0, 0.1) is 5.82 Å². The Morgan fingerprint density at radius 3 is 2.29 bits per heavy atom. The standard InChI is InChI=1S/C17H18FN3O2S/c1-12(22)20-15-6-8-16(9-7-15)21(24)17(23)19-11-10-13-2-4-14(18)5-3-13/h2-9,24H,10-11H2,1H3,(H,19,23)(H,20,22). The van der Waals surface area contributed by atoms with Crippen LogP contribution in [0.2, 0.25) is 0 Å². The number of carbonyl (C=O) groups is 2. The van der Waals surface area contributed by atoms with Gasteiger partial charge in [0.1, 0.15) is 5.82 Å². The van der Waals surface area contributed by atoms with E-state index < -0.39 is 0 Å². The molecule has 0 spiro atoms. The number of amides is 3. The van der Waals surface area contributed by atoms with Crippen LogP contribution in [0.15, 0.2) is 48.5 Å². The third-order valence-electron chi connectivity index (χ3n) is 3.23. The zero-order valence-corrected chi connectivity index (χ0v) is 14.0. The average Bonchev–Trinajstić information content (AvgIpc) is 2.56. The van der Waals surface area contributed by atoms with Gasteiger partial charge in [0.15, 0.2) is 0 Å². The van der Waals surface area contributed by atoms with Crippen LogP contribution < -0.4 is 14.9 Å². The average molecular weight is 347 g/mol. The Bertz CT molecular complexity index is 705. The summed E-state index contributed by atoms with van der Waals surface area (Å²) in [6, 6.07) is 12.5. The first kappa shape index (κ1) is 17.8. The summed E-state index contributed by atoms with van der Waals surface area (Å²) in [6.45, 7) is 1.83. The maximum Gasteiger partial charge on any atom is 0.331 e. The van der Waals surface area contributed by atoms with Crippen molar-refractivity contribution in [1.29, 1.82) is 0 Å². The van der Waals surface area contributed by atoms with E-state index in [1.165, 1.54) is 23.4 Å². The van der Waals surface area contributed by atoms with Gasteiger partial charge in [-0.1, -0.05) is 24.9 Å². The molecule has 0 bridgehead atoms. The van der Waals surface area contributed by atoms with Crippen LogP contribution >= 0.6 is 12.8 Å². The van der Waals surface area contributed by atoms with Crippen LogP contribution in [0.25, 0.3) is 0 Å². The summed E-state index contributed by atoms with van der Waals surface area (Å²) >= 11 is 4.18. The van der Waals surface area contributed by atoms with E-state index in [4.69, 9.17) is 0 Å². The van der Waals surface area contributed by atoms with Gasteiger partial charge in [-0.3, -0.25) is 4.79 Å². The van der Waals surface area contributed by atoms with E-state index in [2.05, 4.69) is 23.4 Å². The van der Waals surface area contributed by atoms with Gasteiger partial charge in [-0.05, 0) is 48.4 Å². The second-order valence-corrected chi connectivity index (χ2v) is 5.55. The molecule has 0 unspecified atom stereocenters. The van der Waals surface area contributed by atoms with Gasteiger partial charge in [0, 0.05) is 19.2 Å². The van der Waals surface area contributed by atoms with E-state index in [-0.39, 0.29) is 17.8 Å². The fourth-order valence-electron chi connectivity index (χ4n) is 2.05. The Balaban J connectivity index is 1.85. The molecule has 2 aromatic rings. The second-order valence-electron chi connectivity index (χ2n) is 5.15. The molecular formula is C17H18FN3O2S. The molecule has 0 aromatic heterocycles. The highest BCUT2D eigenvalue weighted by atomic mass is 32.1. The highest BCUT2D eigenvalue weighted by Gasteiger charge is 2.11. The van der Waals surface area contributed by atoms with E-state index in [0.29, 0.717) is 24.3 Å². The zero-order valence-electron chi connectivity index (χ0n) is 13.1. The molecule has 0 saturated carbocycles. The minimum absolute atomic E-state index is 0.163. The van der Waals surface area contributed by atoms with Crippen LogP contribution in [0.4, 0.5) is 20.6 Å². The van der Waals surface area contributed by atoms with E-state index >= 15 is 0 Å². The van der Waals surface area contributed by atoms with Gasteiger partial charge in [0.25, 0.3) is 0 Å². The van der Waals surface area contributed by atoms with Crippen molar-refractivity contribution in [3.05, 3.63) is 59.9 Å². The second kappa shape index (κ2) is 8.35. The smallest absolute Gasteiger partial charge is 0.331 e. The number of rotatable bonds is 5. The number of benzene rings is 2. The molecule has 0 atom stereocenters. The predicted octanol–water partition coefficient (Wildman–Crippen LogP) is 3.39. The zero-order chi connectivity index (χ0) is 17.5. The van der Waals surface area contributed by atoms with Crippen molar-refractivity contribution in [3.8, 4) is 0 Å². The van der Waals surface area contributed by atoms with Crippen molar-refractivity contribution in [2.75, 3.05) is 16.2 Å². The van der Waals surface area contributed by atoms with Gasteiger partial charge in [-0.2, -0.15) is 0 Å². The van der Waals surface area contributed by atoms with Gasteiger partial charge in [-0.15, -0.1) is 0 Å². The van der Waals surface area contributed by atoms with Crippen molar-refractivity contribution in [2.45, 2.75) is 13.3 Å². The van der Waals surface area contributed by atoms with Crippen molar-refractivity contribution in [1.82, 2.24) is 5.32 Å². The molecule has 24 heavy (non-hydrogen) atoms. The third-order valence-corrected chi connectivity index (χ3v) is 3.64. The largest absolute Gasteiger partial charge is 0.337 e. The number of nitrogens with one attached hydrogen (secondary N) is 2. The molecule has 2 aromatic carbocycles. The van der Waals surface area contributed by atoms with Crippen molar-refractivity contribution >= 4 is 36.1 Å². The molecule has 0 heterocycles. The number of anilines is 2. The third kappa shape index (κ3) is 5.27. The molecule has 2 rings (SSSR count). The maximum atomic E-state index is 12.8. The minimum atomic E-state index is -0.368. The Hall–Kier alpha value is -2.54. The van der Waals surface area contributed by atoms with E-state index in [1.807, 2.05) is 0 Å². The Labute approximate surface area is 145 Å². The van der Waals surface area contributed by atoms with E-state index in [0.717, 1.165) is 5.56 Å². The number of carbonyl (C=O) groups excluding carboxylic acids is 2.